The number of hydrogen-bond acceptors (Lipinski definition) is 3. The lowest BCUT2D eigenvalue weighted by molar-refractivity contribution is -0.0668. The number of anilines is 1. The number of β-amino-alcohol motifs (C(OH)–C–C–N with tert-alkyl or cyclic N) is 1. The summed E-state index contributed by atoms with van der Waals surface area (Å²) in [6.45, 7) is 2.57. The van der Waals surface area contributed by atoms with Gasteiger partial charge in [0, 0.05) is 25.3 Å². The van der Waals surface area contributed by atoms with Gasteiger partial charge in [-0.15, -0.1) is 0 Å². The van der Waals surface area contributed by atoms with Crippen LogP contribution in [0.3, 0.4) is 0 Å². The molecule has 0 atom stereocenters. The maximum Gasteiger partial charge on any atom is 0.254 e. The summed E-state index contributed by atoms with van der Waals surface area (Å²) in [7, 11) is 3.88. The zero-order valence-electron chi connectivity index (χ0n) is 10.5. The van der Waals surface area contributed by atoms with Crippen molar-refractivity contribution in [1.29, 1.82) is 0 Å². The molecule has 2 rings (SSSR count). The molecular weight excluding hydrogens is 216 g/mol. The number of aliphatic hydroxyl groups is 1. The Balaban J connectivity index is 2.13. The standard InChI is InChI=1S/C13H18N2O2/c1-13(17)8-15(9-13)12(16)10-5-4-6-11(7-10)14(2)3/h4-7,17H,8-9H2,1-3H3. The number of likely N-dealkylation sites (tertiary alicyclic amines) is 1. The minimum Gasteiger partial charge on any atom is -0.386 e. The summed E-state index contributed by atoms with van der Waals surface area (Å²) in [4.78, 5) is 15.7. The van der Waals surface area contributed by atoms with E-state index in [1.807, 2.05) is 43.3 Å². The molecule has 0 spiro atoms. The second kappa shape index (κ2) is 4.04. The molecule has 92 valence electrons. The van der Waals surface area contributed by atoms with Crippen molar-refractivity contribution in [3.05, 3.63) is 29.8 Å². The molecule has 0 unspecified atom stereocenters. The van der Waals surface area contributed by atoms with Gasteiger partial charge >= 0.3 is 0 Å². The molecule has 0 radical (unpaired) electrons. The molecule has 17 heavy (non-hydrogen) atoms. The van der Waals surface area contributed by atoms with Gasteiger partial charge in [0.05, 0.1) is 18.7 Å². The lowest BCUT2D eigenvalue weighted by atomic mass is 9.96. The first-order chi connectivity index (χ1) is 7.89. The van der Waals surface area contributed by atoms with E-state index in [0.29, 0.717) is 18.7 Å². The number of carbonyl (C=O) groups is 1. The summed E-state index contributed by atoms with van der Waals surface area (Å²) in [5.41, 5.74) is 0.962. The number of amides is 1. The molecule has 0 bridgehead atoms. The molecule has 1 N–H and O–H groups in total. The summed E-state index contributed by atoms with van der Waals surface area (Å²) in [6, 6.07) is 7.52. The number of hydrogen-bond donors (Lipinski definition) is 1. The van der Waals surface area contributed by atoms with Gasteiger partial charge in [-0.2, -0.15) is 0 Å². The van der Waals surface area contributed by atoms with Gasteiger partial charge in [0.2, 0.25) is 0 Å². The molecule has 0 saturated carbocycles. The van der Waals surface area contributed by atoms with Crippen LogP contribution in [-0.2, 0) is 0 Å². The molecule has 1 aromatic carbocycles. The van der Waals surface area contributed by atoms with Gasteiger partial charge < -0.3 is 14.9 Å². The van der Waals surface area contributed by atoms with Crippen LogP contribution in [0.25, 0.3) is 0 Å². The third kappa shape index (κ3) is 2.42. The van der Waals surface area contributed by atoms with Gasteiger partial charge in [-0.05, 0) is 25.1 Å². The lowest BCUT2D eigenvalue weighted by Crippen LogP contribution is -2.61. The fourth-order valence-electron chi connectivity index (χ4n) is 2.02. The van der Waals surface area contributed by atoms with E-state index in [1.165, 1.54) is 0 Å². The normalized spacial score (nSPS) is 17.5. The first-order valence-electron chi connectivity index (χ1n) is 5.68. The Bertz CT molecular complexity index is 433. The number of carbonyl (C=O) groups excluding carboxylic acids is 1. The summed E-state index contributed by atoms with van der Waals surface area (Å²) in [6.07, 6.45) is 0. The van der Waals surface area contributed by atoms with Crippen LogP contribution in [0.2, 0.25) is 0 Å². The monoisotopic (exact) mass is 234 g/mol. The second-order valence-electron chi connectivity index (χ2n) is 5.10. The maximum atomic E-state index is 12.1. The molecule has 1 fully saturated rings. The van der Waals surface area contributed by atoms with Crippen molar-refractivity contribution in [2.45, 2.75) is 12.5 Å². The summed E-state index contributed by atoms with van der Waals surface area (Å²) in [5, 5.41) is 9.62. The molecule has 1 heterocycles. The van der Waals surface area contributed by atoms with Gasteiger partial charge in [-0.25, -0.2) is 0 Å². The van der Waals surface area contributed by atoms with Crippen molar-refractivity contribution < 1.29 is 9.90 Å². The zero-order valence-corrected chi connectivity index (χ0v) is 10.5. The van der Waals surface area contributed by atoms with Crippen LogP contribution in [0.5, 0.6) is 0 Å². The smallest absolute Gasteiger partial charge is 0.254 e. The molecular formula is C13H18N2O2. The topological polar surface area (TPSA) is 43.8 Å². The van der Waals surface area contributed by atoms with Crippen LogP contribution in [0.1, 0.15) is 17.3 Å². The van der Waals surface area contributed by atoms with Gasteiger partial charge in [-0.1, -0.05) is 6.07 Å². The summed E-state index contributed by atoms with van der Waals surface area (Å²) >= 11 is 0. The van der Waals surface area contributed by atoms with E-state index in [0.717, 1.165) is 5.69 Å². The third-order valence-corrected chi connectivity index (χ3v) is 2.96. The van der Waals surface area contributed by atoms with Gasteiger partial charge in [-0.3, -0.25) is 4.79 Å². The minimum absolute atomic E-state index is 0.0137. The Morgan fingerprint density at radius 3 is 2.59 bits per heavy atom. The van der Waals surface area contributed by atoms with Gasteiger partial charge in [0.15, 0.2) is 0 Å². The molecule has 0 aliphatic carbocycles. The fraction of sp³-hybridized carbons (Fsp3) is 0.462. The molecule has 1 aliphatic rings. The third-order valence-electron chi connectivity index (χ3n) is 2.96. The van der Waals surface area contributed by atoms with Crippen LogP contribution in [0.15, 0.2) is 24.3 Å². The number of nitrogens with zero attached hydrogens (tertiary/aromatic N) is 2. The van der Waals surface area contributed by atoms with Gasteiger partial charge in [0.25, 0.3) is 5.91 Å². The van der Waals surface area contributed by atoms with E-state index in [-0.39, 0.29) is 5.91 Å². The molecule has 4 heteroatoms. The van der Waals surface area contributed by atoms with E-state index < -0.39 is 5.60 Å². The van der Waals surface area contributed by atoms with Crippen LogP contribution in [-0.4, -0.2) is 48.7 Å². The SMILES string of the molecule is CN(C)c1cccc(C(=O)N2CC(C)(O)C2)c1. The highest BCUT2D eigenvalue weighted by Gasteiger charge is 2.39. The largest absolute Gasteiger partial charge is 0.386 e. The van der Waals surface area contributed by atoms with Crippen molar-refractivity contribution >= 4 is 11.6 Å². The van der Waals surface area contributed by atoms with E-state index >= 15 is 0 Å². The van der Waals surface area contributed by atoms with Gasteiger partial charge in [0.1, 0.15) is 0 Å². The van der Waals surface area contributed by atoms with Crippen LogP contribution >= 0.6 is 0 Å². The first kappa shape index (κ1) is 11.9. The summed E-state index contributed by atoms with van der Waals surface area (Å²) in [5.74, 6) is -0.0137. The van der Waals surface area contributed by atoms with E-state index in [2.05, 4.69) is 0 Å². The molecule has 4 nitrogen and oxygen atoms in total. The maximum absolute atomic E-state index is 12.1. The quantitative estimate of drug-likeness (QED) is 0.829. The highest BCUT2D eigenvalue weighted by atomic mass is 16.3. The first-order valence-corrected chi connectivity index (χ1v) is 5.68. The predicted molar refractivity (Wildman–Crippen MR) is 67.3 cm³/mol. The van der Waals surface area contributed by atoms with E-state index in [4.69, 9.17) is 0 Å². The molecule has 1 aliphatic heterocycles. The van der Waals surface area contributed by atoms with E-state index in [1.54, 1.807) is 11.8 Å². The second-order valence-corrected chi connectivity index (χ2v) is 5.10. The lowest BCUT2D eigenvalue weighted by Gasteiger charge is -2.44. The highest BCUT2D eigenvalue weighted by Crippen LogP contribution is 2.23. The fourth-order valence-corrected chi connectivity index (χ4v) is 2.02. The Hall–Kier alpha value is -1.55. The van der Waals surface area contributed by atoms with Crippen molar-refractivity contribution in [3.63, 3.8) is 0 Å². The Kier molecular flexibility index (Phi) is 2.83. The Labute approximate surface area is 101 Å². The average molecular weight is 234 g/mol. The van der Waals surface area contributed by atoms with Crippen LogP contribution < -0.4 is 4.90 Å². The number of benzene rings is 1. The summed E-state index contributed by atoms with van der Waals surface area (Å²) < 4.78 is 0. The molecule has 1 aromatic rings. The van der Waals surface area contributed by atoms with Crippen molar-refractivity contribution in [2.24, 2.45) is 0 Å². The number of rotatable bonds is 2. The Morgan fingerprint density at radius 1 is 1.41 bits per heavy atom. The predicted octanol–water partition coefficient (Wildman–Crippen LogP) is 0.959. The van der Waals surface area contributed by atoms with Crippen molar-refractivity contribution in [1.82, 2.24) is 4.90 Å². The minimum atomic E-state index is -0.713. The highest BCUT2D eigenvalue weighted by molar-refractivity contribution is 5.95. The van der Waals surface area contributed by atoms with Crippen molar-refractivity contribution in [2.75, 3.05) is 32.1 Å². The Morgan fingerprint density at radius 2 is 2.06 bits per heavy atom. The van der Waals surface area contributed by atoms with Crippen LogP contribution in [0, 0.1) is 0 Å². The molecule has 1 amide bonds. The van der Waals surface area contributed by atoms with Crippen LogP contribution in [0.4, 0.5) is 5.69 Å². The van der Waals surface area contributed by atoms with Crippen molar-refractivity contribution in [3.8, 4) is 0 Å². The molecule has 1 saturated heterocycles. The average Bonchev–Trinajstić information content (AvgIpc) is 2.25. The zero-order chi connectivity index (χ0) is 12.6. The molecule has 0 aromatic heterocycles. The van der Waals surface area contributed by atoms with E-state index in [9.17, 15) is 9.90 Å².